The summed E-state index contributed by atoms with van der Waals surface area (Å²) in [6.45, 7) is 3.60. The third-order valence-corrected chi connectivity index (χ3v) is 4.94. The first-order valence-electron chi connectivity index (χ1n) is 8.31. The van der Waals surface area contributed by atoms with E-state index in [1.807, 2.05) is 31.2 Å². The van der Waals surface area contributed by atoms with Crippen LogP contribution in [0.3, 0.4) is 0 Å². The number of benzene rings is 1. The fourth-order valence-corrected chi connectivity index (χ4v) is 3.46. The second-order valence-corrected chi connectivity index (χ2v) is 7.26. The monoisotopic (exact) mass is 380 g/mol. The predicted molar refractivity (Wildman–Crippen MR) is 102 cm³/mol. The number of hydrogen-bond acceptors (Lipinski definition) is 7. The first-order chi connectivity index (χ1) is 13.1. The van der Waals surface area contributed by atoms with E-state index in [1.54, 1.807) is 31.4 Å². The summed E-state index contributed by atoms with van der Waals surface area (Å²) in [5.74, 6) is 1.20. The number of rotatable bonds is 5. The van der Waals surface area contributed by atoms with E-state index in [2.05, 4.69) is 20.4 Å². The summed E-state index contributed by atoms with van der Waals surface area (Å²) in [6.07, 6.45) is 1.58. The van der Waals surface area contributed by atoms with Gasteiger partial charge >= 0.3 is 0 Å². The lowest BCUT2D eigenvalue weighted by molar-refractivity contribution is -0.115. The molecule has 0 bridgehead atoms. The van der Waals surface area contributed by atoms with E-state index in [9.17, 15) is 4.79 Å². The predicted octanol–water partition coefficient (Wildman–Crippen LogP) is 4.31. The highest BCUT2D eigenvalue weighted by Crippen LogP contribution is 2.31. The number of fused-ring (bicyclic) bond motifs is 1. The van der Waals surface area contributed by atoms with E-state index < -0.39 is 5.25 Å². The van der Waals surface area contributed by atoms with Crippen LogP contribution >= 0.6 is 11.8 Å². The lowest BCUT2D eigenvalue weighted by Gasteiger charge is -2.12. The molecule has 0 fully saturated rings. The molecule has 136 valence electrons. The summed E-state index contributed by atoms with van der Waals surface area (Å²) >= 11 is 1.35. The van der Waals surface area contributed by atoms with Crippen LogP contribution < -0.4 is 5.32 Å². The number of amides is 1. The largest absolute Gasteiger partial charge is 0.461 e. The van der Waals surface area contributed by atoms with Crippen LogP contribution in [0.2, 0.25) is 0 Å². The van der Waals surface area contributed by atoms with Crippen molar-refractivity contribution in [1.82, 2.24) is 15.1 Å². The maximum atomic E-state index is 12.5. The molecule has 0 aliphatic rings. The molecule has 3 heterocycles. The first-order valence-corrected chi connectivity index (χ1v) is 9.19. The Morgan fingerprint density at radius 1 is 1.19 bits per heavy atom. The Bertz CT molecular complexity index is 1090. The molecule has 1 aromatic carbocycles. The Hall–Kier alpha value is -3.13. The molecule has 0 radical (unpaired) electrons. The second kappa shape index (κ2) is 7.24. The van der Waals surface area contributed by atoms with E-state index in [4.69, 9.17) is 8.94 Å². The summed E-state index contributed by atoms with van der Waals surface area (Å²) in [5, 5.41) is 7.68. The number of thioether (sulfide) groups is 1. The third kappa shape index (κ3) is 3.70. The Morgan fingerprint density at radius 2 is 2.04 bits per heavy atom. The number of nitrogens with zero attached hydrogens (tertiary/aromatic N) is 3. The van der Waals surface area contributed by atoms with Crippen LogP contribution in [0.1, 0.15) is 12.6 Å². The number of anilines is 1. The fourth-order valence-electron chi connectivity index (χ4n) is 2.52. The fraction of sp³-hybridized carbons (Fsp3) is 0.158. The van der Waals surface area contributed by atoms with Gasteiger partial charge in [-0.05, 0) is 32.0 Å². The molecule has 8 heteroatoms. The lowest BCUT2D eigenvalue weighted by Crippen LogP contribution is -2.22. The minimum absolute atomic E-state index is 0.196. The van der Waals surface area contributed by atoms with Gasteiger partial charge in [0, 0.05) is 11.5 Å². The molecule has 0 unspecified atom stereocenters. The van der Waals surface area contributed by atoms with Gasteiger partial charge in [-0.25, -0.2) is 9.97 Å². The Kier molecular flexibility index (Phi) is 4.64. The highest BCUT2D eigenvalue weighted by molar-refractivity contribution is 8.00. The van der Waals surface area contributed by atoms with Crippen LogP contribution in [-0.4, -0.2) is 26.3 Å². The summed E-state index contributed by atoms with van der Waals surface area (Å²) in [4.78, 5) is 21.7. The zero-order valence-electron chi connectivity index (χ0n) is 14.7. The number of furan rings is 1. The highest BCUT2D eigenvalue weighted by Gasteiger charge is 2.20. The molecule has 4 rings (SSSR count). The van der Waals surface area contributed by atoms with Crippen LogP contribution in [0, 0.1) is 6.92 Å². The van der Waals surface area contributed by atoms with Gasteiger partial charge in [-0.2, -0.15) is 0 Å². The molecule has 7 nitrogen and oxygen atoms in total. The van der Waals surface area contributed by atoms with Crippen molar-refractivity contribution in [3.63, 3.8) is 0 Å². The van der Waals surface area contributed by atoms with Gasteiger partial charge in [0.1, 0.15) is 5.03 Å². The molecule has 0 saturated carbocycles. The average molecular weight is 380 g/mol. The van der Waals surface area contributed by atoms with Crippen molar-refractivity contribution in [3.8, 4) is 11.6 Å². The smallest absolute Gasteiger partial charge is 0.240 e. The van der Waals surface area contributed by atoms with Crippen LogP contribution in [0.4, 0.5) is 5.88 Å². The summed E-state index contributed by atoms with van der Waals surface area (Å²) in [5.41, 5.74) is 1.50. The van der Waals surface area contributed by atoms with E-state index in [1.165, 1.54) is 11.8 Å². The number of para-hydroxylation sites is 1. The third-order valence-electron chi connectivity index (χ3n) is 3.84. The molecule has 27 heavy (non-hydrogen) atoms. The van der Waals surface area contributed by atoms with Crippen LogP contribution in [0.25, 0.3) is 22.5 Å². The van der Waals surface area contributed by atoms with Crippen molar-refractivity contribution >= 4 is 34.5 Å². The van der Waals surface area contributed by atoms with Gasteiger partial charge in [0.15, 0.2) is 11.6 Å². The SMILES string of the molecule is Cc1cc(NC(=O)[C@H](C)Sc2nc(-c3ccco3)nc3ccccc23)on1. The van der Waals surface area contributed by atoms with E-state index in [0.29, 0.717) is 28.2 Å². The minimum atomic E-state index is -0.404. The van der Waals surface area contributed by atoms with Crippen molar-refractivity contribution in [3.05, 3.63) is 54.4 Å². The van der Waals surface area contributed by atoms with Crippen molar-refractivity contribution < 1.29 is 13.7 Å². The molecule has 1 N–H and O–H groups in total. The van der Waals surface area contributed by atoms with Crippen LogP contribution in [0.5, 0.6) is 0 Å². The molecule has 3 aromatic heterocycles. The second-order valence-electron chi connectivity index (χ2n) is 5.93. The van der Waals surface area contributed by atoms with Gasteiger partial charge in [0.25, 0.3) is 0 Å². The molecule has 0 spiro atoms. The maximum Gasteiger partial charge on any atom is 0.240 e. The normalized spacial score (nSPS) is 12.2. The molecule has 1 atom stereocenters. The molecule has 0 saturated heterocycles. The zero-order chi connectivity index (χ0) is 18.8. The number of nitrogens with one attached hydrogen (secondary N) is 1. The highest BCUT2D eigenvalue weighted by atomic mass is 32.2. The van der Waals surface area contributed by atoms with Gasteiger partial charge in [-0.1, -0.05) is 35.1 Å². The Labute approximate surface area is 159 Å². The van der Waals surface area contributed by atoms with Crippen molar-refractivity contribution in [2.45, 2.75) is 24.1 Å². The average Bonchev–Trinajstić information content (AvgIpc) is 3.33. The van der Waals surface area contributed by atoms with Gasteiger partial charge in [-0.3, -0.25) is 10.1 Å². The molecule has 1 amide bonds. The molecular weight excluding hydrogens is 364 g/mol. The summed E-state index contributed by atoms with van der Waals surface area (Å²) in [6, 6.07) is 13.0. The Balaban J connectivity index is 1.63. The molecule has 4 aromatic rings. The van der Waals surface area contributed by atoms with Gasteiger partial charge < -0.3 is 8.94 Å². The van der Waals surface area contributed by atoms with Crippen molar-refractivity contribution in [2.24, 2.45) is 0 Å². The number of carbonyl (C=O) groups is 1. The van der Waals surface area contributed by atoms with E-state index >= 15 is 0 Å². The van der Waals surface area contributed by atoms with E-state index in [0.717, 1.165) is 10.9 Å². The summed E-state index contributed by atoms with van der Waals surface area (Å²) in [7, 11) is 0. The van der Waals surface area contributed by atoms with Gasteiger partial charge in [0.05, 0.1) is 22.7 Å². The van der Waals surface area contributed by atoms with Gasteiger partial charge in [0.2, 0.25) is 11.8 Å². The quantitative estimate of drug-likeness (QED) is 0.407. The van der Waals surface area contributed by atoms with Crippen molar-refractivity contribution in [2.75, 3.05) is 5.32 Å². The number of aromatic nitrogens is 3. The van der Waals surface area contributed by atoms with Crippen LogP contribution in [0.15, 0.2) is 62.7 Å². The first kappa shape index (κ1) is 17.3. The number of hydrogen-bond donors (Lipinski definition) is 1. The zero-order valence-corrected chi connectivity index (χ0v) is 15.5. The molecular formula is C19H16N4O3S. The maximum absolute atomic E-state index is 12.5. The topological polar surface area (TPSA) is 94.1 Å². The molecule has 0 aliphatic carbocycles. The van der Waals surface area contributed by atoms with Crippen LogP contribution in [-0.2, 0) is 4.79 Å². The summed E-state index contributed by atoms with van der Waals surface area (Å²) < 4.78 is 10.5. The number of carbonyl (C=O) groups excluding carboxylic acids is 1. The van der Waals surface area contributed by atoms with Crippen molar-refractivity contribution in [1.29, 1.82) is 0 Å². The lowest BCUT2D eigenvalue weighted by atomic mass is 10.2. The van der Waals surface area contributed by atoms with Gasteiger partial charge in [-0.15, -0.1) is 0 Å². The molecule has 0 aliphatic heterocycles. The number of aryl methyl sites for hydroxylation is 1. The Morgan fingerprint density at radius 3 is 2.78 bits per heavy atom. The standard InChI is InChI=1S/C19H16N4O3S/c1-11-10-16(26-23-11)21-18(24)12(2)27-19-13-6-3-4-7-14(13)20-17(22-19)15-8-5-9-25-15/h3-10,12H,1-2H3,(H,21,24)/t12-/m0/s1. The van der Waals surface area contributed by atoms with E-state index in [-0.39, 0.29) is 5.91 Å². The minimum Gasteiger partial charge on any atom is -0.461 e.